The van der Waals surface area contributed by atoms with E-state index in [0.29, 0.717) is 5.82 Å². The molecule has 2 aromatic rings. The first kappa shape index (κ1) is 13.8. The number of halogens is 1. The minimum absolute atomic E-state index is 0.208. The van der Waals surface area contributed by atoms with Gasteiger partial charge in [-0.3, -0.25) is 10.1 Å². The molecule has 1 heterocycles. The third kappa shape index (κ3) is 2.06. The molecular formula is C10H10ClN3O4S. The molecule has 19 heavy (non-hydrogen) atoms. The fourth-order valence-corrected chi connectivity index (χ4v) is 3.24. The summed E-state index contributed by atoms with van der Waals surface area (Å²) in [5.41, 5.74) is -0.000818. The van der Waals surface area contributed by atoms with Crippen molar-refractivity contribution in [1.82, 2.24) is 9.55 Å². The van der Waals surface area contributed by atoms with Crippen molar-refractivity contribution in [3.05, 3.63) is 27.0 Å². The van der Waals surface area contributed by atoms with E-state index < -0.39 is 20.4 Å². The Labute approximate surface area is 113 Å². The van der Waals surface area contributed by atoms with Crippen molar-refractivity contribution in [3.63, 3.8) is 0 Å². The molecule has 0 spiro atoms. The lowest BCUT2D eigenvalue weighted by Crippen LogP contribution is -2.03. The lowest BCUT2D eigenvalue weighted by atomic mass is 10.2. The molecule has 1 aromatic carbocycles. The third-order valence-corrected chi connectivity index (χ3v) is 4.46. The second-order valence-electron chi connectivity index (χ2n) is 4.15. The Kier molecular flexibility index (Phi) is 3.02. The van der Waals surface area contributed by atoms with Crippen molar-refractivity contribution >= 4 is 38.2 Å². The van der Waals surface area contributed by atoms with Crippen molar-refractivity contribution in [1.29, 1.82) is 0 Å². The number of imidazole rings is 1. The molecule has 0 aliphatic rings. The zero-order valence-electron chi connectivity index (χ0n) is 10.3. The molecule has 0 radical (unpaired) electrons. The SMILES string of the molecule is Cc1nc2cc(S(C)(=O)=O)c(Cl)c([N+](=O)[O-])c2n1C. The van der Waals surface area contributed by atoms with Gasteiger partial charge < -0.3 is 4.57 Å². The number of nitro groups is 1. The quantitative estimate of drug-likeness (QED) is 0.623. The Balaban J connectivity index is 3.09. The van der Waals surface area contributed by atoms with Gasteiger partial charge in [0, 0.05) is 13.3 Å². The predicted molar refractivity (Wildman–Crippen MR) is 70.2 cm³/mol. The van der Waals surface area contributed by atoms with Crippen LogP contribution < -0.4 is 0 Å². The number of benzene rings is 1. The maximum atomic E-state index is 11.6. The lowest BCUT2D eigenvalue weighted by Gasteiger charge is -2.05. The Morgan fingerprint density at radius 3 is 2.53 bits per heavy atom. The van der Waals surface area contributed by atoms with Gasteiger partial charge in [-0.1, -0.05) is 11.6 Å². The molecule has 9 heteroatoms. The summed E-state index contributed by atoms with van der Waals surface area (Å²) >= 11 is 5.89. The molecule has 0 aliphatic carbocycles. The molecule has 0 atom stereocenters. The van der Waals surface area contributed by atoms with Gasteiger partial charge in [0.2, 0.25) is 0 Å². The molecular weight excluding hydrogens is 294 g/mol. The highest BCUT2D eigenvalue weighted by atomic mass is 35.5. The van der Waals surface area contributed by atoms with Crippen molar-refractivity contribution in [3.8, 4) is 0 Å². The largest absolute Gasteiger partial charge is 0.326 e. The number of aromatic nitrogens is 2. The molecule has 0 saturated carbocycles. The van der Waals surface area contributed by atoms with E-state index in [9.17, 15) is 18.5 Å². The number of nitrogens with zero attached hydrogens (tertiary/aromatic N) is 3. The van der Waals surface area contributed by atoms with Crippen LogP contribution in [0.25, 0.3) is 11.0 Å². The van der Waals surface area contributed by atoms with Crippen LogP contribution in [-0.4, -0.2) is 29.1 Å². The molecule has 0 fully saturated rings. The summed E-state index contributed by atoms with van der Waals surface area (Å²) in [6.07, 6.45) is 0.944. The minimum Gasteiger partial charge on any atom is -0.326 e. The normalized spacial score (nSPS) is 12.0. The second-order valence-corrected chi connectivity index (χ2v) is 6.51. The Hall–Kier alpha value is -1.67. The van der Waals surface area contributed by atoms with Crippen molar-refractivity contribution in [2.75, 3.05) is 6.26 Å². The van der Waals surface area contributed by atoms with Crippen molar-refractivity contribution < 1.29 is 13.3 Å². The first-order chi connectivity index (χ1) is 8.64. The van der Waals surface area contributed by atoms with E-state index in [1.807, 2.05) is 0 Å². The number of sulfone groups is 1. The van der Waals surface area contributed by atoms with Crippen LogP contribution in [0.4, 0.5) is 5.69 Å². The summed E-state index contributed by atoms with van der Waals surface area (Å²) in [5, 5.41) is 10.8. The first-order valence-corrected chi connectivity index (χ1v) is 7.41. The molecule has 0 unspecified atom stereocenters. The van der Waals surface area contributed by atoms with Gasteiger partial charge in [-0.2, -0.15) is 0 Å². The lowest BCUT2D eigenvalue weighted by molar-refractivity contribution is -0.383. The van der Waals surface area contributed by atoms with Crippen LogP contribution >= 0.6 is 11.6 Å². The van der Waals surface area contributed by atoms with E-state index in [2.05, 4.69) is 4.98 Å². The van der Waals surface area contributed by atoms with Crippen molar-refractivity contribution in [2.24, 2.45) is 7.05 Å². The topological polar surface area (TPSA) is 95.1 Å². The smallest absolute Gasteiger partial charge is 0.314 e. The van der Waals surface area contributed by atoms with Crippen LogP contribution in [0.1, 0.15) is 5.82 Å². The number of fused-ring (bicyclic) bond motifs is 1. The average molecular weight is 304 g/mol. The minimum atomic E-state index is -3.67. The molecule has 2 rings (SSSR count). The van der Waals surface area contributed by atoms with E-state index >= 15 is 0 Å². The van der Waals surface area contributed by atoms with E-state index in [0.717, 1.165) is 6.26 Å². The van der Waals surface area contributed by atoms with Gasteiger partial charge in [-0.05, 0) is 13.0 Å². The summed E-state index contributed by atoms with van der Waals surface area (Å²) in [4.78, 5) is 14.3. The van der Waals surface area contributed by atoms with Crippen LogP contribution in [0, 0.1) is 17.0 Å². The molecule has 0 saturated heterocycles. The highest BCUT2D eigenvalue weighted by Crippen LogP contribution is 2.38. The van der Waals surface area contributed by atoms with Gasteiger partial charge in [-0.15, -0.1) is 0 Å². The summed E-state index contributed by atoms with van der Waals surface area (Å²) in [5.74, 6) is 0.528. The Bertz CT molecular complexity index is 810. The molecule has 0 amide bonds. The van der Waals surface area contributed by atoms with Crippen LogP contribution in [0.2, 0.25) is 5.02 Å². The number of nitro benzene ring substituents is 1. The standard InChI is InChI=1S/C10H10ClN3O4S/c1-5-12-6-4-7(19(3,17)18)8(11)10(14(15)16)9(6)13(5)2/h4H,1-3H3. The van der Waals surface area contributed by atoms with E-state index in [1.165, 1.54) is 10.6 Å². The summed E-state index contributed by atoms with van der Waals surface area (Å²) in [6, 6.07) is 1.26. The molecule has 102 valence electrons. The number of aryl methyl sites for hydroxylation is 2. The first-order valence-electron chi connectivity index (χ1n) is 5.14. The number of hydrogen-bond donors (Lipinski definition) is 0. The van der Waals surface area contributed by atoms with Gasteiger partial charge in [0.25, 0.3) is 0 Å². The zero-order chi connectivity index (χ0) is 14.5. The van der Waals surface area contributed by atoms with E-state index in [4.69, 9.17) is 11.6 Å². The summed E-state index contributed by atoms with van der Waals surface area (Å²) < 4.78 is 24.8. The zero-order valence-corrected chi connectivity index (χ0v) is 11.9. The monoisotopic (exact) mass is 303 g/mol. The van der Waals surface area contributed by atoms with Crippen LogP contribution in [-0.2, 0) is 16.9 Å². The summed E-state index contributed by atoms with van der Waals surface area (Å²) in [7, 11) is -2.06. The highest BCUT2D eigenvalue weighted by molar-refractivity contribution is 7.90. The van der Waals surface area contributed by atoms with E-state index in [1.54, 1.807) is 14.0 Å². The number of hydrogen-bond acceptors (Lipinski definition) is 5. The Morgan fingerprint density at radius 2 is 2.05 bits per heavy atom. The van der Waals surface area contributed by atoms with Gasteiger partial charge in [0.1, 0.15) is 16.4 Å². The Morgan fingerprint density at radius 1 is 1.47 bits per heavy atom. The third-order valence-electron chi connectivity index (χ3n) is 2.84. The summed E-state index contributed by atoms with van der Waals surface area (Å²) in [6.45, 7) is 1.66. The highest BCUT2D eigenvalue weighted by Gasteiger charge is 2.28. The van der Waals surface area contributed by atoms with Crippen LogP contribution in [0.3, 0.4) is 0 Å². The van der Waals surface area contributed by atoms with E-state index in [-0.39, 0.29) is 21.0 Å². The maximum absolute atomic E-state index is 11.6. The van der Waals surface area contributed by atoms with Gasteiger partial charge in [0.15, 0.2) is 9.84 Å². The molecule has 1 aromatic heterocycles. The van der Waals surface area contributed by atoms with Gasteiger partial charge in [0.05, 0.1) is 15.3 Å². The van der Waals surface area contributed by atoms with Gasteiger partial charge in [-0.25, -0.2) is 13.4 Å². The molecule has 0 bridgehead atoms. The predicted octanol–water partition coefficient (Wildman–Crippen LogP) is 1.85. The molecule has 0 N–H and O–H groups in total. The average Bonchev–Trinajstić information content (AvgIpc) is 2.53. The molecule has 7 nitrogen and oxygen atoms in total. The fraction of sp³-hybridized carbons (Fsp3) is 0.300. The van der Waals surface area contributed by atoms with Crippen LogP contribution in [0.5, 0.6) is 0 Å². The maximum Gasteiger partial charge on any atom is 0.314 e. The van der Waals surface area contributed by atoms with Crippen molar-refractivity contribution in [2.45, 2.75) is 11.8 Å². The van der Waals surface area contributed by atoms with Gasteiger partial charge >= 0.3 is 5.69 Å². The second kappa shape index (κ2) is 4.17. The number of rotatable bonds is 2. The fourth-order valence-electron chi connectivity index (χ4n) is 1.86. The molecule has 0 aliphatic heterocycles. The van der Waals surface area contributed by atoms with Crippen LogP contribution in [0.15, 0.2) is 11.0 Å².